The van der Waals surface area contributed by atoms with Gasteiger partial charge < -0.3 is 23.7 Å². The van der Waals surface area contributed by atoms with Crippen molar-refractivity contribution in [1.29, 1.82) is 0 Å². The second-order valence-corrected chi connectivity index (χ2v) is 14.9. The zero-order valence-corrected chi connectivity index (χ0v) is 29.4. The van der Waals surface area contributed by atoms with E-state index in [1.165, 1.54) is 34.6 Å². The van der Waals surface area contributed by atoms with Crippen molar-refractivity contribution in [2.45, 2.75) is 64.4 Å². The minimum Gasteiger partial charge on any atom is -0.460 e. The molecule has 10 nitrogen and oxygen atoms in total. The molecule has 4 aromatic rings. The van der Waals surface area contributed by atoms with Crippen LogP contribution in [0.4, 0.5) is 23.7 Å². The smallest absolute Gasteiger partial charge is 0.416 e. The van der Waals surface area contributed by atoms with Gasteiger partial charge in [-0.15, -0.1) is 0 Å². The van der Waals surface area contributed by atoms with Gasteiger partial charge >= 0.3 is 18.2 Å². The lowest BCUT2D eigenvalue weighted by atomic mass is 10.1. The Labute approximate surface area is 289 Å². The maximum absolute atomic E-state index is 14.4. The van der Waals surface area contributed by atoms with E-state index in [1.54, 1.807) is 51.7 Å². The first-order chi connectivity index (χ1) is 23.5. The largest absolute Gasteiger partial charge is 0.460 e. The first kappa shape index (κ1) is 36.7. The van der Waals surface area contributed by atoms with E-state index in [2.05, 4.69) is 4.90 Å². The Morgan fingerprint density at radius 2 is 1.58 bits per heavy atom. The number of furan rings is 1. The number of para-hydroxylation sites is 1. The van der Waals surface area contributed by atoms with Gasteiger partial charge in [-0.05, 0) is 82.1 Å². The quantitative estimate of drug-likeness (QED) is 0.165. The molecule has 0 N–H and O–H groups in total. The zero-order valence-electron chi connectivity index (χ0n) is 28.5. The number of esters is 1. The van der Waals surface area contributed by atoms with Gasteiger partial charge in [0.2, 0.25) is 15.8 Å². The van der Waals surface area contributed by atoms with Crippen molar-refractivity contribution in [3.05, 3.63) is 94.7 Å². The summed E-state index contributed by atoms with van der Waals surface area (Å²) in [6.45, 7) is 10.2. The van der Waals surface area contributed by atoms with Crippen molar-refractivity contribution < 1.29 is 45.1 Å². The number of anilines is 1. The molecule has 0 saturated carbocycles. The number of carbonyl (C=O) groups is 2. The normalized spacial score (nSPS) is 14.3. The lowest BCUT2D eigenvalue weighted by Gasteiger charge is -2.38. The van der Waals surface area contributed by atoms with Crippen molar-refractivity contribution in [3.63, 3.8) is 0 Å². The molecule has 0 spiro atoms. The molecule has 1 aliphatic rings. The number of benzene rings is 3. The molecule has 50 heavy (non-hydrogen) atoms. The summed E-state index contributed by atoms with van der Waals surface area (Å²) in [6.07, 6.45) is -4.95. The highest BCUT2D eigenvalue weighted by molar-refractivity contribution is 7.89. The second kappa shape index (κ2) is 14.4. The number of fused-ring (bicyclic) bond motifs is 1. The summed E-state index contributed by atoms with van der Waals surface area (Å²) in [7, 11) is -4.28. The minimum atomic E-state index is -4.54. The number of sulfonamides is 1. The minimum absolute atomic E-state index is 0.0290. The summed E-state index contributed by atoms with van der Waals surface area (Å²) in [5.41, 5.74) is 1.03. The SMILES string of the molecule is CCOC(=O)c1oc2ccc(S(=O)(=O)N(Cc3ccc(C(F)(F)F)cc3)Cc3ccccc3N3CCN(C(=O)OC(C)(C)C)CC3)cc2c1C. The summed E-state index contributed by atoms with van der Waals surface area (Å²) in [5, 5.41) is 0.409. The maximum Gasteiger partial charge on any atom is 0.416 e. The average Bonchev–Trinajstić information content (AvgIpc) is 3.39. The molecule has 1 aromatic heterocycles. The fraction of sp³-hybridized carbons (Fsp3) is 0.389. The summed E-state index contributed by atoms with van der Waals surface area (Å²) in [6, 6.07) is 16.0. The second-order valence-electron chi connectivity index (χ2n) is 13.0. The van der Waals surface area contributed by atoms with Crippen molar-refractivity contribution in [2.24, 2.45) is 0 Å². The predicted molar refractivity (Wildman–Crippen MR) is 181 cm³/mol. The van der Waals surface area contributed by atoms with Crippen molar-refractivity contribution in [3.8, 4) is 0 Å². The van der Waals surface area contributed by atoms with Gasteiger partial charge in [-0.1, -0.05) is 30.3 Å². The Hall–Kier alpha value is -4.56. The molecule has 268 valence electrons. The molecule has 0 radical (unpaired) electrons. The molecule has 0 unspecified atom stereocenters. The third-order valence-corrected chi connectivity index (χ3v) is 10.0. The van der Waals surface area contributed by atoms with Gasteiger partial charge in [-0.3, -0.25) is 0 Å². The number of hydrogen-bond donors (Lipinski definition) is 0. The van der Waals surface area contributed by atoms with E-state index < -0.39 is 39.4 Å². The number of halogens is 3. The Morgan fingerprint density at radius 1 is 0.920 bits per heavy atom. The van der Waals surface area contributed by atoms with Gasteiger partial charge in [0, 0.05) is 55.9 Å². The van der Waals surface area contributed by atoms with Crippen molar-refractivity contribution >= 4 is 38.7 Å². The lowest BCUT2D eigenvalue weighted by Crippen LogP contribution is -2.50. The molecule has 5 rings (SSSR count). The van der Waals surface area contributed by atoms with Crippen LogP contribution in [-0.4, -0.2) is 68.1 Å². The van der Waals surface area contributed by atoms with Gasteiger partial charge in [0.1, 0.15) is 11.2 Å². The first-order valence-corrected chi connectivity index (χ1v) is 17.6. The molecule has 1 saturated heterocycles. The predicted octanol–water partition coefficient (Wildman–Crippen LogP) is 7.38. The number of amides is 1. The van der Waals surface area contributed by atoms with E-state index in [-0.39, 0.29) is 30.4 Å². The molecule has 3 aromatic carbocycles. The summed E-state index contributed by atoms with van der Waals surface area (Å²) in [4.78, 5) is 28.7. The fourth-order valence-electron chi connectivity index (χ4n) is 5.73. The fourth-order valence-corrected chi connectivity index (χ4v) is 7.16. The van der Waals surface area contributed by atoms with Gasteiger partial charge in [-0.25, -0.2) is 18.0 Å². The number of carbonyl (C=O) groups excluding carboxylic acids is 2. The van der Waals surface area contributed by atoms with E-state index in [9.17, 15) is 31.2 Å². The molecule has 0 bridgehead atoms. The van der Waals surface area contributed by atoms with Gasteiger partial charge in [-0.2, -0.15) is 17.5 Å². The Bertz CT molecular complexity index is 1960. The zero-order chi connectivity index (χ0) is 36.4. The Morgan fingerprint density at radius 3 is 2.20 bits per heavy atom. The van der Waals surface area contributed by atoms with Crippen molar-refractivity contribution in [2.75, 3.05) is 37.7 Å². The molecule has 0 atom stereocenters. The molecule has 0 aliphatic carbocycles. The van der Waals surface area contributed by atoms with Crippen LogP contribution in [0.3, 0.4) is 0 Å². The molecule has 1 aliphatic heterocycles. The lowest BCUT2D eigenvalue weighted by molar-refractivity contribution is -0.137. The molecular formula is C36H40F3N3O7S. The van der Waals surface area contributed by atoms with Gasteiger partial charge in [0.15, 0.2) is 0 Å². The average molecular weight is 716 g/mol. The maximum atomic E-state index is 14.4. The highest BCUT2D eigenvalue weighted by atomic mass is 32.2. The Kier molecular flexibility index (Phi) is 10.5. The van der Waals surface area contributed by atoms with Gasteiger partial charge in [0.05, 0.1) is 17.1 Å². The first-order valence-electron chi connectivity index (χ1n) is 16.2. The van der Waals surface area contributed by atoms with Crippen LogP contribution in [0.2, 0.25) is 0 Å². The summed E-state index contributed by atoms with van der Waals surface area (Å²) in [5.74, 6) is -0.697. The van der Waals surface area contributed by atoms with E-state index in [0.717, 1.165) is 17.8 Å². The molecule has 2 heterocycles. The third kappa shape index (κ3) is 8.24. The molecule has 1 fully saturated rings. The number of nitrogens with zero attached hydrogens (tertiary/aromatic N) is 3. The van der Waals surface area contributed by atoms with E-state index in [1.807, 2.05) is 12.1 Å². The summed E-state index contributed by atoms with van der Waals surface area (Å²) >= 11 is 0. The topological polar surface area (TPSA) is 110 Å². The number of alkyl halides is 3. The molecule has 14 heteroatoms. The number of piperazine rings is 1. The number of ether oxygens (including phenoxy) is 2. The molecular weight excluding hydrogens is 675 g/mol. The third-order valence-electron chi connectivity index (χ3n) is 8.26. The summed E-state index contributed by atoms with van der Waals surface area (Å²) < 4.78 is 86.3. The van der Waals surface area contributed by atoms with Crippen LogP contribution in [0, 0.1) is 6.92 Å². The van der Waals surface area contributed by atoms with Crippen LogP contribution >= 0.6 is 0 Å². The standard InChI is InChI=1S/C36H40F3N3O7S/c1-6-47-33(43)32-24(2)29-21-28(15-16-31(29)48-32)50(45,46)42(22-25-11-13-27(14-12-25)36(37,38)39)23-26-9-7-8-10-30(26)40-17-19-41(20-18-40)34(44)49-35(3,4)5/h7-16,21H,6,17-20,22-23H2,1-5H3. The number of hydrogen-bond acceptors (Lipinski definition) is 8. The van der Waals surface area contributed by atoms with Crippen LogP contribution in [0.15, 0.2) is 76.0 Å². The Balaban J connectivity index is 1.48. The van der Waals surface area contributed by atoms with Crippen LogP contribution in [0.5, 0.6) is 0 Å². The van der Waals surface area contributed by atoms with Crippen molar-refractivity contribution in [1.82, 2.24) is 9.21 Å². The van der Waals surface area contributed by atoms with E-state index >= 15 is 0 Å². The van der Waals surface area contributed by atoms with Crippen LogP contribution in [0.1, 0.15) is 60.5 Å². The molecule has 1 amide bonds. The van der Waals surface area contributed by atoms with Crippen LogP contribution in [0.25, 0.3) is 11.0 Å². The van der Waals surface area contributed by atoms with E-state index in [4.69, 9.17) is 13.9 Å². The van der Waals surface area contributed by atoms with Crippen LogP contribution in [-0.2, 0) is 38.8 Å². The highest BCUT2D eigenvalue weighted by Crippen LogP contribution is 2.33. The van der Waals surface area contributed by atoms with E-state index in [0.29, 0.717) is 53.8 Å². The van der Waals surface area contributed by atoms with Gasteiger partial charge in [0.25, 0.3) is 0 Å². The number of aryl methyl sites for hydroxylation is 1. The highest BCUT2D eigenvalue weighted by Gasteiger charge is 2.32. The number of rotatable bonds is 9. The monoisotopic (exact) mass is 715 g/mol. The van der Waals surface area contributed by atoms with Crippen LogP contribution < -0.4 is 4.90 Å².